The van der Waals surface area contributed by atoms with E-state index in [2.05, 4.69) is 20.2 Å². The molecule has 3 N–H and O–H groups in total. The van der Waals surface area contributed by atoms with Crippen LogP contribution in [0.5, 0.6) is 0 Å². The summed E-state index contributed by atoms with van der Waals surface area (Å²) >= 11 is 0. The molecule has 3 aromatic rings. The summed E-state index contributed by atoms with van der Waals surface area (Å²) < 4.78 is 13.7. The van der Waals surface area contributed by atoms with Gasteiger partial charge in [-0.25, -0.2) is 19.3 Å². The van der Waals surface area contributed by atoms with Gasteiger partial charge in [0.1, 0.15) is 17.5 Å². The minimum atomic E-state index is -0.436. The molecule has 1 aromatic carbocycles. The first-order valence-corrected chi connectivity index (χ1v) is 9.67. The highest BCUT2D eigenvalue weighted by Gasteiger charge is 2.24. The highest BCUT2D eigenvalue weighted by atomic mass is 19.1. The van der Waals surface area contributed by atoms with Crippen molar-refractivity contribution in [1.82, 2.24) is 19.9 Å². The molecule has 1 fully saturated rings. The van der Waals surface area contributed by atoms with Crippen LogP contribution in [0.15, 0.2) is 36.4 Å². The fraction of sp³-hybridized carbons (Fsp3) is 0.333. The number of fused-ring (bicyclic) bond motifs is 1. The zero-order valence-corrected chi connectivity index (χ0v) is 16.2. The van der Waals surface area contributed by atoms with Crippen molar-refractivity contribution in [2.75, 3.05) is 30.7 Å². The number of anilines is 2. The number of nitrogens with two attached hydrogens (primary N) is 1. The van der Waals surface area contributed by atoms with Crippen LogP contribution in [0.3, 0.4) is 0 Å². The van der Waals surface area contributed by atoms with Crippen LogP contribution in [-0.4, -0.2) is 45.4 Å². The molecule has 4 rings (SSSR count). The number of amides is 1. The Morgan fingerprint density at radius 3 is 2.90 bits per heavy atom. The molecule has 1 aliphatic heterocycles. The summed E-state index contributed by atoms with van der Waals surface area (Å²) in [5, 5.41) is 3.39. The summed E-state index contributed by atoms with van der Waals surface area (Å²) in [5.74, 6) is 0.565. The minimum absolute atomic E-state index is 0.200. The molecule has 0 aliphatic carbocycles. The first-order valence-electron chi connectivity index (χ1n) is 9.67. The van der Waals surface area contributed by atoms with Crippen LogP contribution in [0.2, 0.25) is 0 Å². The number of likely N-dealkylation sites (tertiary alicyclic amines) is 1. The molecule has 1 aliphatic rings. The maximum Gasteiger partial charge on any atom is 0.238 e. The maximum absolute atomic E-state index is 13.7. The lowest BCUT2D eigenvalue weighted by Crippen LogP contribution is -2.40. The van der Waals surface area contributed by atoms with Gasteiger partial charge < -0.3 is 11.1 Å². The van der Waals surface area contributed by atoms with E-state index in [1.54, 1.807) is 25.1 Å². The highest BCUT2D eigenvalue weighted by molar-refractivity contribution is 5.92. The van der Waals surface area contributed by atoms with E-state index in [9.17, 15) is 9.18 Å². The van der Waals surface area contributed by atoms with E-state index < -0.39 is 5.82 Å². The molecule has 1 amide bonds. The molecule has 1 saturated heterocycles. The molecule has 29 heavy (non-hydrogen) atoms. The number of nitrogen functional groups attached to an aromatic ring is 1. The maximum atomic E-state index is 13.7. The van der Waals surface area contributed by atoms with Crippen LogP contribution in [0.25, 0.3) is 11.0 Å². The number of piperidine rings is 1. The number of carbonyl (C=O) groups excluding carboxylic acids is 1. The number of rotatable bonds is 4. The quantitative estimate of drug-likeness (QED) is 0.706. The summed E-state index contributed by atoms with van der Waals surface area (Å²) in [6.07, 6.45) is 1.95. The number of nitrogens with zero attached hydrogens (tertiary/aromatic N) is 4. The number of hydrogen-bond donors (Lipinski definition) is 2. The summed E-state index contributed by atoms with van der Waals surface area (Å²) in [5.41, 5.74) is 7.71. The number of pyridine rings is 1. The second-order valence-electron chi connectivity index (χ2n) is 7.37. The van der Waals surface area contributed by atoms with Crippen molar-refractivity contribution in [2.45, 2.75) is 25.7 Å². The molecule has 2 aromatic heterocycles. The number of halogens is 1. The third kappa shape index (κ3) is 4.32. The molecule has 150 valence electrons. The predicted molar refractivity (Wildman–Crippen MR) is 110 cm³/mol. The molecule has 3 heterocycles. The van der Waals surface area contributed by atoms with Crippen molar-refractivity contribution in [3.63, 3.8) is 0 Å². The van der Waals surface area contributed by atoms with Crippen LogP contribution in [0, 0.1) is 12.7 Å². The van der Waals surface area contributed by atoms with E-state index in [-0.39, 0.29) is 24.1 Å². The second kappa shape index (κ2) is 8.08. The van der Waals surface area contributed by atoms with Crippen LogP contribution in [-0.2, 0) is 4.79 Å². The summed E-state index contributed by atoms with van der Waals surface area (Å²) in [6.45, 7) is 3.54. The van der Waals surface area contributed by atoms with Crippen LogP contribution < -0.4 is 11.1 Å². The number of aromatic nitrogens is 3. The van der Waals surface area contributed by atoms with Gasteiger partial charge in [0.15, 0.2) is 5.65 Å². The van der Waals surface area contributed by atoms with Crippen molar-refractivity contribution in [1.29, 1.82) is 0 Å². The SMILES string of the molecule is Cc1nc(N)c2ccc([C@H]3CCCN(CC(=O)Nc4ccccc4F)C3)nc2n1. The number of nitrogens with one attached hydrogen (secondary N) is 1. The lowest BCUT2D eigenvalue weighted by atomic mass is 9.94. The largest absolute Gasteiger partial charge is 0.383 e. The van der Waals surface area contributed by atoms with Gasteiger partial charge in [0.05, 0.1) is 17.6 Å². The third-order valence-electron chi connectivity index (χ3n) is 5.16. The van der Waals surface area contributed by atoms with E-state index >= 15 is 0 Å². The molecular weight excluding hydrogens is 371 g/mol. The molecular formula is C21H23FN6O. The van der Waals surface area contributed by atoms with Crippen molar-refractivity contribution in [2.24, 2.45) is 0 Å². The average Bonchev–Trinajstić information content (AvgIpc) is 2.69. The molecule has 7 nitrogen and oxygen atoms in total. The van der Waals surface area contributed by atoms with Gasteiger partial charge in [-0.2, -0.15) is 0 Å². The van der Waals surface area contributed by atoms with Gasteiger partial charge in [-0.05, 0) is 50.6 Å². The van der Waals surface area contributed by atoms with Gasteiger partial charge in [0.2, 0.25) is 5.91 Å². The number of carbonyl (C=O) groups is 1. The Morgan fingerprint density at radius 2 is 2.07 bits per heavy atom. The van der Waals surface area contributed by atoms with Gasteiger partial charge in [0, 0.05) is 18.2 Å². The molecule has 8 heteroatoms. The average molecular weight is 394 g/mol. The van der Waals surface area contributed by atoms with Gasteiger partial charge in [-0.1, -0.05) is 12.1 Å². The smallest absolute Gasteiger partial charge is 0.238 e. The summed E-state index contributed by atoms with van der Waals surface area (Å²) in [4.78, 5) is 27.7. The number of benzene rings is 1. The molecule has 1 atom stereocenters. The van der Waals surface area contributed by atoms with E-state index in [0.717, 1.165) is 30.5 Å². The van der Waals surface area contributed by atoms with Crippen molar-refractivity contribution in [3.05, 3.63) is 53.7 Å². The number of hydrogen-bond acceptors (Lipinski definition) is 6. The standard InChI is InChI=1S/C21H23FN6O/c1-13-24-20(23)15-8-9-17(27-21(15)25-13)14-5-4-10-28(11-14)12-19(29)26-18-7-3-2-6-16(18)22/h2-3,6-9,14H,4-5,10-12H2,1H3,(H,26,29)(H2,23,24,25,27)/t14-/m0/s1. The molecule has 0 spiro atoms. The van der Waals surface area contributed by atoms with E-state index in [1.165, 1.54) is 6.07 Å². The Hall–Kier alpha value is -3.13. The fourth-order valence-electron chi connectivity index (χ4n) is 3.78. The predicted octanol–water partition coefficient (Wildman–Crippen LogP) is 2.87. The zero-order chi connectivity index (χ0) is 20.4. The first-order chi connectivity index (χ1) is 14.0. The Morgan fingerprint density at radius 1 is 1.24 bits per heavy atom. The van der Waals surface area contributed by atoms with Crippen molar-refractivity contribution >= 4 is 28.4 Å². The Labute approximate surface area is 168 Å². The van der Waals surface area contributed by atoms with Crippen LogP contribution >= 0.6 is 0 Å². The van der Waals surface area contributed by atoms with Crippen molar-refractivity contribution in [3.8, 4) is 0 Å². The summed E-state index contributed by atoms with van der Waals surface area (Å²) in [6, 6.07) is 10.0. The monoisotopic (exact) mass is 394 g/mol. The van der Waals surface area contributed by atoms with E-state index in [0.29, 0.717) is 23.8 Å². The van der Waals surface area contributed by atoms with E-state index in [4.69, 9.17) is 10.7 Å². The highest BCUT2D eigenvalue weighted by Crippen LogP contribution is 2.27. The van der Waals surface area contributed by atoms with Gasteiger partial charge in [-0.3, -0.25) is 9.69 Å². The first kappa shape index (κ1) is 19.2. The lowest BCUT2D eigenvalue weighted by Gasteiger charge is -2.32. The van der Waals surface area contributed by atoms with Gasteiger partial charge in [-0.15, -0.1) is 0 Å². The molecule has 0 unspecified atom stereocenters. The number of aryl methyl sites for hydroxylation is 1. The normalized spacial score (nSPS) is 17.4. The van der Waals surface area contributed by atoms with Crippen molar-refractivity contribution < 1.29 is 9.18 Å². The molecule has 0 bridgehead atoms. The third-order valence-corrected chi connectivity index (χ3v) is 5.16. The lowest BCUT2D eigenvalue weighted by molar-refractivity contribution is -0.117. The number of para-hydroxylation sites is 1. The van der Waals surface area contributed by atoms with E-state index in [1.807, 2.05) is 12.1 Å². The van der Waals surface area contributed by atoms with Gasteiger partial charge in [0.25, 0.3) is 0 Å². The van der Waals surface area contributed by atoms with Crippen LogP contribution in [0.1, 0.15) is 30.3 Å². The minimum Gasteiger partial charge on any atom is -0.383 e. The summed E-state index contributed by atoms with van der Waals surface area (Å²) in [7, 11) is 0. The Kier molecular flexibility index (Phi) is 5.35. The second-order valence-corrected chi connectivity index (χ2v) is 7.37. The van der Waals surface area contributed by atoms with Crippen LogP contribution in [0.4, 0.5) is 15.9 Å². The Bertz CT molecular complexity index is 1060. The van der Waals surface area contributed by atoms with Gasteiger partial charge >= 0.3 is 0 Å². The molecule has 0 radical (unpaired) electrons. The topological polar surface area (TPSA) is 97.0 Å². The molecule has 0 saturated carbocycles. The zero-order valence-electron chi connectivity index (χ0n) is 16.2. The Balaban J connectivity index is 1.45. The fourth-order valence-corrected chi connectivity index (χ4v) is 3.78.